The minimum atomic E-state index is -0.246. The highest BCUT2D eigenvalue weighted by Gasteiger charge is 2.14. The molecule has 0 aliphatic carbocycles. The van der Waals surface area contributed by atoms with Gasteiger partial charge in [-0.05, 0) is 13.8 Å². The maximum Gasteiger partial charge on any atom is 0.250 e. The van der Waals surface area contributed by atoms with E-state index in [1.165, 1.54) is 23.5 Å². The first-order valence-electron chi connectivity index (χ1n) is 8.39. The lowest BCUT2D eigenvalue weighted by Crippen LogP contribution is -2.23. The van der Waals surface area contributed by atoms with Crippen molar-refractivity contribution >= 4 is 28.2 Å². The fourth-order valence-corrected chi connectivity index (χ4v) is 3.82. The molecule has 0 fully saturated rings. The number of nitrogens with one attached hydrogen (secondary N) is 1. The number of hydrogen-bond acceptors (Lipinski definition) is 5. The Balaban J connectivity index is 1.57. The number of carbonyl (C=O) groups excluding carboxylic acids is 1. The van der Waals surface area contributed by atoms with Crippen molar-refractivity contribution in [1.82, 2.24) is 19.2 Å². The molecule has 0 aliphatic heterocycles. The van der Waals surface area contributed by atoms with E-state index in [-0.39, 0.29) is 23.8 Å². The lowest BCUT2D eigenvalue weighted by Gasteiger charge is -2.13. The van der Waals surface area contributed by atoms with Crippen LogP contribution in [0, 0.1) is 13.8 Å². The maximum absolute atomic E-state index is 12.4. The summed E-state index contributed by atoms with van der Waals surface area (Å²) in [5.74, 6) is 0.0183. The predicted octanol–water partition coefficient (Wildman–Crippen LogP) is 2.88. The summed E-state index contributed by atoms with van der Waals surface area (Å²) in [6, 6.07) is 12.9. The third-order valence-corrected chi connectivity index (χ3v) is 5.07. The monoisotopic (exact) mass is 379 g/mol. The Hall–Kier alpha value is -3.26. The Labute approximate surface area is 158 Å². The summed E-state index contributed by atoms with van der Waals surface area (Å²) in [5.41, 5.74) is 3.37. The summed E-state index contributed by atoms with van der Waals surface area (Å²) in [5, 5.41) is 9.14. The van der Waals surface area contributed by atoms with E-state index in [1.807, 2.05) is 35.7 Å². The molecule has 0 spiro atoms. The van der Waals surface area contributed by atoms with Crippen LogP contribution < -0.4 is 10.7 Å². The van der Waals surface area contributed by atoms with Crippen molar-refractivity contribution in [2.45, 2.75) is 20.4 Å². The summed E-state index contributed by atoms with van der Waals surface area (Å²) in [6.07, 6.45) is 0. The average molecular weight is 379 g/mol. The van der Waals surface area contributed by atoms with Crippen molar-refractivity contribution in [3.05, 3.63) is 69.5 Å². The van der Waals surface area contributed by atoms with E-state index in [9.17, 15) is 9.59 Å². The van der Waals surface area contributed by atoms with Crippen molar-refractivity contribution in [2.24, 2.45) is 0 Å². The molecule has 8 heteroatoms. The number of nitrogens with zero attached hydrogens (tertiary/aromatic N) is 4. The number of aromatic nitrogens is 4. The second kappa shape index (κ2) is 6.81. The molecule has 27 heavy (non-hydrogen) atoms. The molecular formula is C19H17N5O2S. The second-order valence-electron chi connectivity index (χ2n) is 6.22. The summed E-state index contributed by atoms with van der Waals surface area (Å²) in [6.45, 7) is 3.70. The van der Waals surface area contributed by atoms with Crippen LogP contribution in [0.5, 0.6) is 0 Å². The Morgan fingerprint density at radius 3 is 2.56 bits per heavy atom. The van der Waals surface area contributed by atoms with Crippen LogP contribution in [0.1, 0.15) is 11.4 Å². The zero-order valence-electron chi connectivity index (χ0n) is 14.8. The van der Waals surface area contributed by atoms with Crippen LogP contribution in [0.4, 0.5) is 5.95 Å². The van der Waals surface area contributed by atoms with Crippen LogP contribution in [0.2, 0.25) is 0 Å². The molecule has 1 aromatic carbocycles. The number of hydrogen-bond donors (Lipinski definition) is 1. The van der Waals surface area contributed by atoms with E-state index in [4.69, 9.17) is 0 Å². The fourth-order valence-electron chi connectivity index (χ4n) is 2.99. The van der Waals surface area contributed by atoms with Crippen LogP contribution in [0.25, 0.3) is 16.2 Å². The van der Waals surface area contributed by atoms with Crippen molar-refractivity contribution in [3.8, 4) is 11.3 Å². The third kappa shape index (κ3) is 3.39. The molecule has 0 bridgehead atoms. The van der Waals surface area contributed by atoms with Crippen molar-refractivity contribution in [3.63, 3.8) is 0 Å². The molecule has 0 unspecified atom stereocenters. The molecule has 0 atom stereocenters. The highest BCUT2D eigenvalue weighted by atomic mass is 32.1. The zero-order chi connectivity index (χ0) is 19.0. The van der Waals surface area contributed by atoms with Gasteiger partial charge in [-0.2, -0.15) is 4.98 Å². The number of rotatable bonds is 4. The Morgan fingerprint density at radius 2 is 1.85 bits per heavy atom. The molecule has 7 nitrogen and oxygen atoms in total. The average Bonchev–Trinajstić information content (AvgIpc) is 3.18. The molecule has 4 rings (SSSR count). The summed E-state index contributed by atoms with van der Waals surface area (Å²) in [4.78, 5) is 29.0. The van der Waals surface area contributed by atoms with E-state index >= 15 is 0 Å². The van der Waals surface area contributed by atoms with Gasteiger partial charge in [-0.3, -0.25) is 14.9 Å². The highest BCUT2D eigenvalue weighted by molar-refractivity contribution is 7.15. The molecule has 0 aliphatic rings. The zero-order valence-corrected chi connectivity index (χ0v) is 15.7. The second-order valence-corrected chi connectivity index (χ2v) is 7.06. The van der Waals surface area contributed by atoms with Gasteiger partial charge in [-0.1, -0.05) is 30.3 Å². The summed E-state index contributed by atoms with van der Waals surface area (Å²) in [7, 11) is 0. The predicted molar refractivity (Wildman–Crippen MR) is 105 cm³/mol. The van der Waals surface area contributed by atoms with E-state index in [2.05, 4.69) is 15.4 Å². The molecule has 0 saturated carbocycles. The number of thiazole rings is 1. The maximum atomic E-state index is 12.4. The normalized spacial score (nSPS) is 11.0. The minimum absolute atomic E-state index is 0.0638. The van der Waals surface area contributed by atoms with Crippen LogP contribution in [0.3, 0.4) is 0 Å². The van der Waals surface area contributed by atoms with Gasteiger partial charge < -0.3 is 4.57 Å². The SMILES string of the molecule is Cc1cc(=O)cc(C)n1CC(=O)Nc1nc2scc(-c3ccccc3)n2n1. The standard InChI is InChI=1S/C19H17N5O2S/c1-12-8-15(25)9-13(2)23(12)10-17(26)20-18-21-19-24(22-18)16(11-27-19)14-6-4-3-5-7-14/h3-9,11H,10H2,1-2H3,(H,20,22,26). The van der Waals surface area contributed by atoms with Crippen LogP contribution >= 0.6 is 11.3 Å². The van der Waals surface area contributed by atoms with E-state index in [0.29, 0.717) is 4.96 Å². The molecule has 1 N–H and O–H groups in total. The minimum Gasteiger partial charge on any atom is -0.340 e. The first-order chi connectivity index (χ1) is 13.0. The van der Waals surface area contributed by atoms with Crippen LogP contribution in [0.15, 0.2) is 52.6 Å². The van der Waals surface area contributed by atoms with E-state index in [0.717, 1.165) is 22.6 Å². The van der Waals surface area contributed by atoms with Gasteiger partial charge in [-0.15, -0.1) is 16.4 Å². The molecule has 3 aromatic heterocycles. The third-order valence-electron chi connectivity index (χ3n) is 4.26. The molecule has 0 saturated heterocycles. The molecule has 136 valence electrons. The molecule has 0 radical (unpaired) electrons. The smallest absolute Gasteiger partial charge is 0.250 e. The topological polar surface area (TPSA) is 81.3 Å². The van der Waals surface area contributed by atoms with Gasteiger partial charge in [0.25, 0.3) is 5.95 Å². The number of amides is 1. The molecular weight excluding hydrogens is 362 g/mol. The van der Waals surface area contributed by atoms with Gasteiger partial charge >= 0.3 is 0 Å². The fraction of sp³-hybridized carbons (Fsp3) is 0.158. The Kier molecular flexibility index (Phi) is 4.33. The van der Waals surface area contributed by atoms with Gasteiger partial charge in [0.1, 0.15) is 6.54 Å². The molecule has 4 aromatic rings. The first kappa shape index (κ1) is 17.2. The van der Waals surface area contributed by atoms with Crippen LogP contribution in [-0.4, -0.2) is 25.1 Å². The van der Waals surface area contributed by atoms with Crippen molar-refractivity contribution in [1.29, 1.82) is 0 Å². The molecule has 1 amide bonds. The van der Waals surface area contributed by atoms with Crippen LogP contribution in [-0.2, 0) is 11.3 Å². The van der Waals surface area contributed by atoms with Crippen molar-refractivity contribution < 1.29 is 4.79 Å². The van der Waals surface area contributed by atoms with Gasteiger partial charge in [0.05, 0.1) is 5.69 Å². The summed E-state index contributed by atoms with van der Waals surface area (Å²) < 4.78 is 3.51. The lowest BCUT2D eigenvalue weighted by atomic mass is 10.2. The van der Waals surface area contributed by atoms with Gasteiger partial charge in [0.2, 0.25) is 10.9 Å². The number of aryl methyl sites for hydroxylation is 2. The number of fused-ring (bicyclic) bond motifs is 1. The molecule has 3 heterocycles. The summed E-state index contributed by atoms with van der Waals surface area (Å²) >= 11 is 1.47. The first-order valence-corrected chi connectivity index (χ1v) is 9.27. The Morgan fingerprint density at radius 1 is 1.15 bits per heavy atom. The largest absolute Gasteiger partial charge is 0.340 e. The van der Waals surface area contributed by atoms with E-state index in [1.54, 1.807) is 22.9 Å². The van der Waals surface area contributed by atoms with Gasteiger partial charge in [0.15, 0.2) is 5.43 Å². The number of pyridine rings is 1. The van der Waals surface area contributed by atoms with E-state index < -0.39 is 0 Å². The lowest BCUT2D eigenvalue weighted by molar-refractivity contribution is -0.116. The van der Waals surface area contributed by atoms with Crippen molar-refractivity contribution in [2.75, 3.05) is 5.32 Å². The number of benzene rings is 1. The highest BCUT2D eigenvalue weighted by Crippen LogP contribution is 2.25. The number of carbonyl (C=O) groups is 1. The van der Waals surface area contributed by atoms with Gasteiger partial charge in [-0.25, -0.2) is 4.52 Å². The van der Waals surface area contributed by atoms with Gasteiger partial charge in [0, 0.05) is 34.5 Å². The quantitative estimate of drug-likeness (QED) is 0.591. The number of anilines is 1. The Bertz CT molecular complexity index is 1160.